The monoisotopic (exact) mass is 354 g/mol. The molecule has 2 aromatic carbocycles. The smallest absolute Gasteiger partial charge is 0.229 e. The number of halogens is 1. The highest BCUT2D eigenvalue weighted by molar-refractivity contribution is 6.33. The van der Waals surface area contributed by atoms with Crippen LogP contribution in [0.5, 0.6) is 0 Å². The average molecular weight is 355 g/mol. The van der Waals surface area contributed by atoms with Gasteiger partial charge in [0.15, 0.2) is 0 Å². The number of nitrogens with one attached hydrogen (secondary N) is 2. The molecule has 0 spiro atoms. The highest BCUT2D eigenvalue weighted by Gasteiger charge is 2.16. The van der Waals surface area contributed by atoms with Crippen molar-refractivity contribution in [1.29, 1.82) is 0 Å². The van der Waals surface area contributed by atoms with Crippen molar-refractivity contribution < 1.29 is 4.74 Å². The fourth-order valence-corrected chi connectivity index (χ4v) is 3.15. The van der Waals surface area contributed by atoms with Crippen molar-refractivity contribution in [2.45, 2.75) is 18.9 Å². The van der Waals surface area contributed by atoms with E-state index in [4.69, 9.17) is 16.3 Å². The van der Waals surface area contributed by atoms with Crippen LogP contribution in [0, 0.1) is 0 Å². The van der Waals surface area contributed by atoms with Gasteiger partial charge in [0.25, 0.3) is 0 Å². The summed E-state index contributed by atoms with van der Waals surface area (Å²) in [5, 5.41) is 8.25. The zero-order valence-corrected chi connectivity index (χ0v) is 14.5. The van der Waals surface area contributed by atoms with E-state index in [1.165, 1.54) is 0 Å². The van der Waals surface area contributed by atoms with Gasteiger partial charge in [0.05, 0.1) is 22.3 Å². The summed E-state index contributed by atoms with van der Waals surface area (Å²) < 4.78 is 5.69. The van der Waals surface area contributed by atoms with Crippen LogP contribution in [-0.2, 0) is 4.74 Å². The maximum atomic E-state index is 6.23. The summed E-state index contributed by atoms with van der Waals surface area (Å²) in [6, 6.07) is 15.5. The number of para-hydroxylation sites is 2. The molecule has 6 heteroatoms. The van der Waals surface area contributed by atoms with Gasteiger partial charge >= 0.3 is 0 Å². The summed E-state index contributed by atoms with van der Waals surface area (Å²) in [7, 11) is 0. The molecule has 4 rings (SSSR count). The predicted molar refractivity (Wildman–Crippen MR) is 102 cm³/mol. The molecule has 1 unspecified atom stereocenters. The minimum atomic E-state index is 0.244. The zero-order chi connectivity index (χ0) is 17.1. The van der Waals surface area contributed by atoms with E-state index in [1.54, 1.807) is 0 Å². The van der Waals surface area contributed by atoms with Gasteiger partial charge < -0.3 is 15.4 Å². The Morgan fingerprint density at radius 1 is 1.08 bits per heavy atom. The molecule has 0 saturated carbocycles. The summed E-state index contributed by atoms with van der Waals surface area (Å²) in [5.41, 5.74) is 1.66. The molecule has 2 N–H and O–H groups in total. The van der Waals surface area contributed by atoms with Crippen LogP contribution in [0.4, 0.5) is 17.5 Å². The van der Waals surface area contributed by atoms with E-state index in [9.17, 15) is 0 Å². The van der Waals surface area contributed by atoms with Gasteiger partial charge in [-0.25, -0.2) is 4.98 Å². The van der Waals surface area contributed by atoms with Crippen molar-refractivity contribution in [1.82, 2.24) is 9.97 Å². The summed E-state index contributed by atoms with van der Waals surface area (Å²) in [5.74, 6) is 1.32. The van der Waals surface area contributed by atoms with Crippen LogP contribution in [0.15, 0.2) is 48.5 Å². The third kappa shape index (κ3) is 3.67. The second kappa shape index (κ2) is 7.25. The van der Waals surface area contributed by atoms with E-state index in [2.05, 4.69) is 20.6 Å². The van der Waals surface area contributed by atoms with Crippen molar-refractivity contribution in [2.24, 2.45) is 0 Å². The second-order valence-corrected chi connectivity index (χ2v) is 6.44. The third-order valence-corrected chi connectivity index (χ3v) is 4.57. The van der Waals surface area contributed by atoms with Crippen molar-refractivity contribution >= 4 is 40.0 Å². The highest BCUT2D eigenvalue weighted by Crippen LogP contribution is 2.27. The Balaban J connectivity index is 1.64. The van der Waals surface area contributed by atoms with Gasteiger partial charge in [0.1, 0.15) is 5.82 Å². The van der Waals surface area contributed by atoms with Crippen LogP contribution < -0.4 is 10.6 Å². The highest BCUT2D eigenvalue weighted by atomic mass is 35.5. The molecule has 1 aliphatic heterocycles. The molecule has 1 aromatic heterocycles. The number of nitrogens with zero attached hydrogens (tertiary/aromatic N) is 2. The Kier molecular flexibility index (Phi) is 4.68. The first-order valence-corrected chi connectivity index (χ1v) is 8.81. The molecule has 5 nitrogen and oxygen atoms in total. The molecule has 0 amide bonds. The lowest BCUT2D eigenvalue weighted by molar-refractivity contribution is 0.120. The molecule has 1 aliphatic rings. The minimum absolute atomic E-state index is 0.244. The first kappa shape index (κ1) is 16.1. The Morgan fingerprint density at radius 3 is 2.76 bits per heavy atom. The summed E-state index contributed by atoms with van der Waals surface area (Å²) in [4.78, 5) is 9.25. The van der Waals surface area contributed by atoms with E-state index in [-0.39, 0.29) is 6.10 Å². The number of fused-ring (bicyclic) bond motifs is 1. The maximum absolute atomic E-state index is 6.23. The Bertz CT molecular complexity index is 880. The van der Waals surface area contributed by atoms with Crippen molar-refractivity contribution in [3.05, 3.63) is 53.6 Å². The Morgan fingerprint density at radius 2 is 1.92 bits per heavy atom. The van der Waals surface area contributed by atoms with Gasteiger partial charge in [-0.05, 0) is 37.1 Å². The Hall–Kier alpha value is -2.37. The molecule has 0 aliphatic carbocycles. The van der Waals surface area contributed by atoms with Crippen LogP contribution >= 0.6 is 11.6 Å². The normalized spacial score (nSPS) is 16.9. The van der Waals surface area contributed by atoms with Gasteiger partial charge in [-0.3, -0.25) is 0 Å². The largest absolute Gasteiger partial charge is 0.376 e. The first-order chi connectivity index (χ1) is 12.3. The number of ether oxygens (including phenoxy) is 1. The fraction of sp³-hybridized carbons (Fsp3) is 0.263. The SMILES string of the molecule is Clc1ccccc1Nc1nc(NCC2CCCO2)c2ccccc2n1. The second-order valence-electron chi connectivity index (χ2n) is 6.03. The number of hydrogen-bond acceptors (Lipinski definition) is 5. The fourth-order valence-electron chi connectivity index (χ4n) is 2.97. The lowest BCUT2D eigenvalue weighted by Crippen LogP contribution is -2.19. The number of rotatable bonds is 5. The number of anilines is 3. The van der Waals surface area contributed by atoms with Gasteiger partial charge in [-0.1, -0.05) is 35.9 Å². The van der Waals surface area contributed by atoms with Crippen molar-refractivity contribution in [3.8, 4) is 0 Å². The van der Waals surface area contributed by atoms with E-state index in [0.29, 0.717) is 11.0 Å². The van der Waals surface area contributed by atoms with Crippen LogP contribution in [0.3, 0.4) is 0 Å². The van der Waals surface area contributed by atoms with E-state index in [1.807, 2.05) is 48.5 Å². The Labute approximate surface area is 151 Å². The molecule has 2 heterocycles. The van der Waals surface area contributed by atoms with Crippen LogP contribution in [0.2, 0.25) is 5.02 Å². The molecule has 3 aromatic rings. The van der Waals surface area contributed by atoms with E-state index >= 15 is 0 Å². The van der Waals surface area contributed by atoms with Gasteiger partial charge in [-0.2, -0.15) is 4.98 Å². The van der Waals surface area contributed by atoms with Gasteiger partial charge in [-0.15, -0.1) is 0 Å². The number of aromatic nitrogens is 2. The zero-order valence-electron chi connectivity index (χ0n) is 13.7. The average Bonchev–Trinajstić information content (AvgIpc) is 3.15. The lowest BCUT2D eigenvalue weighted by Gasteiger charge is -2.14. The molecule has 0 radical (unpaired) electrons. The molecule has 128 valence electrons. The van der Waals surface area contributed by atoms with Gasteiger partial charge in [0, 0.05) is 18.5 Å². The third-order valence-electron chi connectivity index (χ3n) is 4.24. The molecule has 1 saturated heterocycles. The maximum Gasteiger partial charge on any atom is 0.229 e. The predicted octanol–water partition coefficient (Wildman–Crippen LogP) is 4.62. The summed E-state index contributed by atoms with van der Waals surface area (Å²) in [6.07, 6.45) is 2.45. The molecular formula is C19H19ClN4O. The summed E-state index contributed by atoms with van der Waals surface area (Å²) >= 11 is 6.23. The lowest BCUT2D eigenvalue weighted by atomic mass is 10.2. The topological polar surface area (TPSA) is 59.1 Å². The molecule has 1 fully saturated rings. The van der Waals surface area contributed by atoms with E-state index in [0.717, 1.165) is 48.4 Å². The van der Waals surface area contributed by atoms with Crippen molar-refractivity contribution in [2.75, 3.05) is 23.8 Å². The molecule has 25 heavy (non-hydrogen) atoms. The molecule has 1 atom stereocenters. The number of hydrogen-bond donors (Lipinski definition) is 2. The van der Waals surface area contributed by atoms with E-state index < -0.39 is 0 Å². The molecular weight excluding hydrogens is 336 g/mol. The molecule has 0 bridgehead atoms. The van der Waals surface area contributed by atoms with Crippen LogP contribution in [0.25, 0.3) is 10.9 Å². The van der Waals surface area contributed by atoms with Crippen LogP contribution in [-0.4, -0.2) is 29.2 Å². The summed E-state index contributed by atoms with van der Waals surface area (Å²) in [6.45, 7) is 1.59. The standard InChI is InChI=1S/C19H19ClN4O/c20-15-8-2-4-10-17(15)23-19-22-16-9-3-1-7-14(16)18(24-19)21-12-13-6-5-11-25-13/h1-4,7-10,13H,5-6,11-12H2,(H2,21,22,23,24). The quantitative estimate of drug-likeness (QED) is 0.700. The van der Waals surface area contributed by atoms with Crippen LogP contribution in [0.1, 0.15) is 12.8 Å². The van der Waals surface area contributed by atoms with Gasteiger partial charge in [0.2, 0.25) is 5.95 Å². The number of benzene rings is 2. The van der Waals surface area contributed by atoms with Crippen molar-refractivity contribution in [3.63, 3.8) is 0 Å². The minimum Gasteiger partial charge on any atom is -0.376 e. The first-order valence-electron chi connectivity index (χ1n) is 8.43.